The van der Waals surface area contributed by atoms with Crippen LogP contribution in [0.5, 0.6) is 0 Å². The van der Waals surface area contributed by atoms with E-state index in [-0.39, 0.29) is 11.9 Å². The molecule has 19 heavy (non-hydrogen) atoms. The molecular weight excluding hydrogens is 238 g/mol. The van der Waals surface area contributed by atoms with Gasteiger partial charge in [-0.1, -0.05) is 12.8 Å². The number of hydrogen-bond acceptors (Lipinski definition) is 3. The summed E-state index contributed by atoms with van der Waals surface area (Å²) in [6.07, 6.45) is 7.77. The van der Waals surface area contributed by atoms with Crippen LogP contribution in [-0.4, -0.2) is 49.6 Å². The van der Waals surface area contributed by atoms with Crippen molar-refractivity contribution < 1.29 is 4.79 Å². The Balaban J connectivity index is 1.93. The molecule has 4 unspecified atom stereocenters. The number of nitrogens with zero attached hydrogens (tertiary/aromatic N) is 1. The molecule has 1 saturated heterocycles. The first-order valence-electron chi connectivity index (χ1n) is 7.80. The van der Waals surface area contributed by atoms with E-state index in [1.165, 1.54) is 45.1 Å². The highest BCUT2D eigenvalue weighted by Crippen LogP contribution is 2.30. The molecule has 0 spiro atoms. The van der Waals surface area contributed by atoms with Crippen molar-refractivity contribution in [2.24, 2.45) is 5.92 Å². The van der Waals surface area contributed by atoms with Gasteiger partial charge in [0.05, 0.1) is 6.04 Å². The molecule has 2 aliphatic rings. The van der Waals surface area contributed by atoms with Gasteiger partial charge in [-0.2, -0.15) is 0 Å². The van der Waals surface area contributed by atoms with E-state index in [2.05, 4.69) is 10.6 Å². The van der Waals surface area contributed by atoms with Crippen molar-refractivity contribution in [3.63, 3.8) is 0 Å². The van der Waals surface area contributed by atoms with Gasteiger partial charge < -0.3 is 15.5 Å². The lowest BCUT2D eigenvalue weighted by Gasteiger charge is -2.38. The normalized spacial score (nSPS) is 33.1. The maximum Gasteiger partial charge on any atom is 0.238 e. The number of rotatable bonds is 4. The zero-order valence-electron chi connectivity index (χ0n) is 12.6. The van der Waals surface area contributed by atoms with E-state index in [4.69, 9.17) is 0 Å². The van der Waals surface area contributed by atoms with Crippen molar-refractivity contribution in [2.75, 3.05) is 20.6 Å². The molecular formula is C15H29N3O. The van der Waals surface area contributed by atoms with Crippen molar-refractivity contribution in [2.45, 2.75) is 63.6 Å². The first kappa shape index (κ1) is 14.8. The Morgan fingerprint density at radius 1 is 1.21 bits per heavy atom. The van der Waals surface area contributed by atoms with Gasteiger partial charge in [-0.05, 0) is 45.1 Å². The Morgan fingerprint density at radius 2 is 1.95 bits per heavy atom. The SMILES string of the molecule is CC(NC1CCCCC1C1CCCN1)C(=O)N(C)C. The van der Waals surface area contributed by atoms with E-state index in [9.17, 15) is 4.79 Å². The molecule has 4 heteroatoms. The van der Waals surface area contributed by atoms with E-state index >= 15 is 0 Å². The van der Waals surface area contributed by atoms with E-state index < -0.39 is 0 Å². The molecule has 0 radical (unpaired) electrons. The van der Waals surface area contributed by atoms with Gasteiger partial charge in [0.1, 0.15) is 0 Å². The summed E-state index contributed by atoms with van der Waals surface area (Å²) < 4.78 is 0. The number of hydrogen-bond donors (Lipinski definition) is 2. The molecule has 1 aliphatic carbocycles. The van der Waals surface area contributed by atoms with Gasteiger partial charge in [-0.15, -0.1) is 0 Å². The topological polar surface area (TPSA) is 44.4 Å². The van der Waals surface area contributed by atoms with Crippen LogP contribution in [0.4, 0.5) is 0 Å². The van der Waals surface area contributed by atoms with Gasteiger partial charge in [0.15, 0.2) is 0 Å². The number of nitrogens with one attached hydrogen (secondary N) is 2. The Morgan fingerprint density at radius 3 is 2.58 bits per heavy atom. The van der Waals surface area contributed by atoms with Gasteiger partial charge in [0, 0.05) is 26.2 Å². The van der Waals surface area contributed by atoms with Crippen LogP contribution >= 0.6 is 0 Å². The molecule has 4 nitrogen and oxygen atoms in total. The minimum atomic E-state index is -0.0676. The van der Waals surface area contributed by atoms with Crippen LogP contribution in [-0.2, 0) is 4.79 Å². The average Bonchev–Trinajstić information content (AvgIpc) is 2.92. The number of amides is 1. The summed E-state index contributed by atoms with van der Waals surface area (Å²) in [7, 11) is 3.66. The van der Waals surface area contributed by atoms with E-state index in [1.807, 2.05) is 21.0 Å². The molecule has 2 rings (SSSR count). The Hall–Kier alpha value is -0.610. The summed E-state index contributed by atoms with van der Waals surface area (Å²) in [5, 5.41) is 7.24. The molecule has 0 bridgehead atoms. The van der Waals surface area contributed by atoms with Crippen LogP contribution < -0.4 is 10.6 Å². The third kappa shape index (κ3) is 3.69. The molecule has 1 aliphatic heterocycles. The highest BCUT2D eigenvalue weighted by Gasteiger charge is 2.34. The highest BCUT2D eigenvalue weighted by molar-refractivity contribution is 5.80. The first-order valence-corrected chi connectivity index (χ1v) is 7.80. The molecule has 1 heterocycles. The zero-order chi connectivity index (χ0) is 13.8. The summed E-state index contributed by atoms with van der Waals surface area (Å²) in [5.74, 6) is 0.886. The van der Waals surface area contributed by atoms with Crippen molar-refractivity contribution in [3.05, 3.63) is 0 Å². The van der Waals surface area contributed by atoms with Gasteiger partial charge in [-0.25, -0.2) is 0 Å². The Labute approximate surface area is 117 Å². The Bertz CT molecular complexity index is 300. The minimum Gasteiger partial charge on any atom is -0.347 e. The molecule has 110 valence electrons. The standard InChI is InChI=1S/C15H29N3O/c1-11(15(19)18(2)3)17-14-8-5-4-7-12(14)13-9-6-10-16-13/h11-14,16-17H,4-10H2,1-3H3. The van der Waals surface area contributed by atoms with Crippen LogP contribution in [0.2, 0.25) is 0 Å². The number of carbonyl (C=O) groups is 1. The van der Waals surface area contributed by atoms with Crippen LogP contribution in [0, 0.1) is 5.92 Å². The lowest BCUT2D eigenvalue weighted by atomic mass is 9.79. The molecule has 0 aromatic carbocycles. The summed E-state index contributed by atoms with van der Waals surface area (Å²) in [4.78, 5) is 13.7. The molecule has 1 amide bonds. The second-order valence-corrected chi connectivity index (χ2v) is 6.38. The highest BCUT2D eigenvalue weighted by atomic mass is 16.2. The van der Waals surface area contributed by atoms with Crippen LogP contribution in [0.3, 0.4) is 0 Å². The van der Waals surface area contributed by atoms with Crippen LogP contribution in [0.25, 0.3) is 0 Å². The first-order chi connectivity index (χ1) is 9.09. The largest absolute Gasteiger partial charge is 0.347 e. The van der Waals surface area contributed by atoms with E-state index in [0.29, 0.717) is 18.0 Å². The van der Waals surface area contributed by atoms with E-state index in [1.54, 1.807) is 4.90 Å². The fourth-order valence-electron chi connectivity index (χ4n) is 3.70. The third-order valence-corrected chi connectivity index (χ3v) is 4.71. The molecule has 2 N–H and O–H groups in total. The number of carbonyl (C=O) groups excluding carboxylic acids is 1. The summed E-state index contributed by atoms with van der Waals surface area (Å²) in [6, 6.07) is 1.10. The monoisotopic (exact) mass is 267 g/mol. The van der Waals surface area contributed by atoms with Gasteiger partial charge in [0.25, 0.3) is 0 Å². The maximum absolute atomic E-state index is 12.0. The summed E-state index contributed by atoms with van der Waals surface area (Å²) >= 11 is 0. The molecule has 0 aromatic rings. The summed E-state index contributed by atoms with van der Waals surface area (Å²) in [5.41, 5.74) is 0. The van der Waals surface area contributed by atoms with Crippen LogP contribution in [0.15, 0.2) is 0 Å². The maximum atomic E-state index is 12.0. The fourth-order valence-corrected chi connectivity index (χ4v) is 3.70. The van der Waals surface area contributed by atoms with Crippen molar-refractivity contribution in [3.8, 4) is 0 Å². The third-order valence-electron chi connectivity index (χ3n) is 4.71. The smallest absolute Gasteiger partial charge is 0.238 e. The molecule has 0 aromatic heterocycles. The quantitative estimate of drug-likeness (QED) is 0.808. The molecule has 2 fully saturated rings. The second-order valence-electron chi connectivity index (χ2n) is 6.38. The van der Waals surface area contributed by atoms with Gasteiger partial charge in [-0.3, -0.25) is 4.79 Å². The molecule has 4 atom stereocenters. The lowest BCUT2D eigenvalue weighted by molar-refractivity contribution is -0.130. The number of likely N-dealkylation sites (N-methyl/N-ethyl adjacent to an activating group) is 1. The van der Waals surface area contributed by atoms with Gasteiger partial charge >= 0.3 is 0 Å². The van der Waals surface area contributed by atoms with E-state index in [0.717, 1.165) is 0 Å². The van der Waals surface area contributed by atoms with Gasteiger partial charge in [0.2, 0.25) is 5.91 Å². The van der Waals surface area contributed by atoms with Crippen molar-refractivity contribution in [1.29, 1.82) is 0 Å². The predicted octanol–water partition coefficient (Wildman–Crippen LogP) is 1.36. The van der Waals surface area contributed by atoms with Crippen LogP contribution in [0.1, 0.15) is 45.4 Å². The zero-order valence-corrected chi connectivity index (χ0v) is 12.6. The Kier molecular flexibility index (Phi) is 5.22. The molecule has 1 saturated carbocycles. The van der Waals surface area contributed by atoms with Crippen molar-refractivity contribution >= 4 is 5.91 Å². The summed E-state index contributed by atoms with van der Waals surface area (Å²) in [6.45, 7) is 3.16. The average molecular weight is 267 g/mol. The lowest BCUT2D eigenvalue weighted by Crippen LogP contribution is -2.53. The minimum absolute atomic E-state index is 0.0676. The second kappa shape index (κ2) is 6.71. The fraction of sp³-hybridized carbons (Fsp3) is 0.933. The predicted molar refractivity (Wildman–Crippen MR) is 78.1 cm³/mol. The van der Waals surface area contributed by atoms with Crippen molar-refractivity contribution in [1.82, 2.24) is 15.5 Å².